The Labute approximate surface area is 138 Å². The van der Waals surface area contributed by atoms with E-state index in [2.05, 4.69) is 66.1 Å². The third-order valence-corrected chi connectivity index (χ3v) is 4.42. The first-order valence-electron chi connectivity index (χ1n) is 8.07. The largest absolute Gasteiger partial charge is 0.299 e. The number of aromatic nitrogens is 2. The summed E-state index contributed by atoms with van der Waals surface area (Å²) < 4.78 is 0. The lowest BCUT2D eigenvalue weighted by Gasteiger charge is -2.25. The van der Waals surface area contributed by atoms with Crippen LogP contribution in [0.5, 0.6) is 0 Å². The molecule has 0 saturated carbocycles. The van der Waals surface area contributed by atoms with Crippen molar-refractivity contribution in [2.24, 2.45) is 0 Å². The highest BCUT2D eigenvalue weighted by atomic mass is 15.1. The monoisotopic (exact) mass is 305 g/mol. The van der Waals surface area contributed by atoms with E-state index in [-0.39, 0.29) is 0 Å². The highest BCUT2D eigenvalue weighted by molar-refractivity contribution is 5.84. The Bertz CT molecular complexity index is 792. The minimum absolute atomic E-state index is 0.432. The van der Waals surface area contributed by atoms with Gasteiger partial charge in [0, 0.05) is 48.7 Å². The Morgan fingerprint density at radius 3 is 2.83 bits per heavy atom. The molecule has 0 aliphatic carbocycles. The van der Waals surface area contributed by atoms with Crippen LogP contribution in [0.15, 0.2) is 55.0 Å². The molecule has 3 heteroatoms. The van der Waals surface area contributed by atoms with Crippen molar-refractivity contribution in [1.82, 2.24) is 14.9 Å². The van der Waals surface area contributed by atoms with Crippen LogP contribution < -0.4 is 0 Å². The van der Waals surface area contributed by atoms with Crippen molar-refractivity contribution in [2.75, 3.05) is 7.05 Å². The first-order valence-corrected chi connectivity index (χ1v) is 8.07. The van der Waals surface area contributed by atoms with Crippen LogP contribution >= 0.6 is 0 Å². The van der Waals surface area contributed by atoms with Gasteiger partial charge in [-0.3, -0.25) is 14.9 Å². The van der Waals surface area contributed by atoms with Crippen LogP contribution in [0, 0.1) is 6.92 Å². The molecule has 0 N–H and O–H groups in total. The molecule has 0 aliphatic heterocycles. The molecule has 23 heavy (non-hydrogen) atoms. The van der Waals surface area contributed by atoms with Crippen LogP contribution in [0.25, 0.3) is 10.8 Å². The lowest BCUT2D eigenvalue weighted by Crippen LogP contribution is -2.30. The molecule has 3 rings (SSSR count). The zero-order valence-electron chi connectivity index (χ0n) is 14.0. The third kappa shape index (κ3) is 3.74. The standard InChI is InChI=1S/C20H23N3/c1-15-7-10-22-19(11-15)12-16(2)23(3)14-18-6-4-5-17-13-21-9-8-20(17)18/h4-11,13,16H,12,14H2,1-3H3/t16-/m0/s1. The SMILES string of the molecule is Cc1ccnc(C[C@H](C)N(C)Cc2cccc3cnccc23)c1. The second-order valence-corrected chi connectivity index (χ2v) is 6.31. The van der Waals surface area contributed by atoms with Gasteiger partial charge in [0.2, 0.25) is 0 Å². The van der Waals surface area contributed by atoms with Crippen molar-refractivity contribution in [1.29, 1.82) is 0 Å². The van der Waals surface area contributed by atoms with Gasteiger partial charge in [-0.25, -0.2) is 0 Å². The third-order valence-electron chi connectivity index (χ3n) is 4.42. The summed E-state index contributed by atoms with van der Waals surface area (Å²) in [7, 11) is 2.18. The van der Waals surface area contributed by atoms with Gasteiger partial charge in [0.1, 0.15) is 0 Å². The molecule has 2 heterocycles. The summed E-state index contributed by atoms with van der Waals surface area (Å²) in [6.07, 6.45) is 6.66. The van der Waals surface area contributed by atoms with Crippen LogP contribution in [0.2, 0.25) is 0 Å². The van der Waals surface area contributed by atoms with E-state index >= 15 is 0 Å². The number of hydrogen-bond donors (Lipinski definition) is 0. The number of benzene rings is 1. The number of nitrogens with zero attached hydrogens (tertiary/aromatic N) is 3. The fourth-order valence-corrected chi connectivity index (χ4v) is 2.92. The first-order chi connectivity index (χ1) is 11.1. The van der Waals surface area contributed by atoms with Gasteiger partial charge in [0.25, 0.3) is 0 Å². The molecule has 0 aliphatic rings. The van der Waals surface area contributed by atoms with E-state index in [4.69, 9.17) is 0 Å². The molecule has 3 nitrogen and oxygen atoms in total. The van der Waals surface area contributed by atoms with Gasteiger partial charge in [-0.2, -0.15) is 0 Å². The predicted octanol–water partition coefficient (Wildman–Crippen LogP) is 4.00. The van der Waals surface area contributed by atoms with E-state index in [0.29, 0.717) is 6.04 Å². The molecule has 1 atom stereocenters. The second-order valence-electron chi connectivity index (χ2n) is 6.31. The number of likely N-dealkylation sites (N-methyl/N-ethyl adjacent to an activating group) is 1. The lowest BCUT2D eigenvalue weighted by atomic mass is 10.0. The van der Waals surface area contributed by atoms with Crippen LogP contribution in [-0.2, 0) is 13.0 Å². The lowest BCUT2D eigenvalue weighted by molar-refractivity contribution is 0.247. The fraction of sp³-hybridized carbons (Fsp3) is 0.300. The molecule has 0 radical (unpaired) electrons. The van der Waals surface area contributed by atoms with Crippen LogP contribution in [0.1, 0.15) is 23.7 Å². The van der Waals surface area contributed by atoms with Gasteiger partial charge < -0.3 is 0 Å². The van der Waals surface area contributed by atoms with Gasteiger partial charge >= 0.3 is 0 Å². The Hall–Kier alpha value is -2.26. The smallest absolute Gasteiger partial charge is 0.0421 e. The Morgan fingerprint density at radius 1 is 1.13 bits per heavy atom. The minimum atomic E-state index is 0.432. The summed E-state index contributed by atoms with van der Waals surface area (Å²) in [4.78, 5) is 11.1. The van der Waals surface area contributed by atoms with E-state index in [1.165, 1.54) is 21.9 Å². The Morgan fingerprint density at radius 2 is 2.00 bits per heavy atom. The first kappa shape index (κ1) is 15.6. The molecule has 1 aromatic carbocycles. The summed E-state index contributed by atoms with van der Waals surface area (Å²) in [5.41, 5.74) is 3.77. The van der Waals surface area contributed by atoms with Gasteiger partial charge in [-0.15, -0.1) is 0 Å². The highest BCUT2D eigenvalue weighted by Gasteiger charge is 2.12. The summed E-state index contributed by atoms with van der Waals surface area (Å²) in [6.45, 7) is 5.30. The molecule has 118 valence electrons. The van der Waals surface area contributed by atoms with Crippen molar-refractivity contribution in [3.63, 3.8) is 0 Å². The maximum Gasteiger partial charge on any atom is 0.0421 e. The van der Waals surface area contributed by atoms with E-state index in [1.807, 2.05) is 24.7 Å². The summed E-state index contributed by atoms with van der Waals surface area (Å²) >= 11 is 0. The van der Waals surface area contributed by atoms with Gasteiger partial charge in [-0.1, -0.05) is 18.2 Å². The number of hydrogen-bond acceptors (Lipinski definition) is 3. The van der Waals surface area contributed by atoms with Crippen molar-refractivity contribution < 1.29 is 0 Å². The predicted molar refractivity (Wildman–Crippen MR) is 95.4 cm³/mol. The molecule has 0 amide bonds. The number of rotatable bonds is 5. The molecule has 0 saturated heterocycles. The maximum absolute atomic E-state index is 4.48. The molecule has 0 spiro atoms. The quantitative estimate of drug-likeness (QED) is 0.713. The van der Waals surface area contributed by atoms with Crippen molar-refractivity contribution >= 4 is 10.8 Å². The average Bonchev–Trinajstić information content (AvgIpc) is 2.55. The van der Waals surface area contributed by atoms with Gasteiger partial charge in [0.05, 0.1) is 0 Å². The van der Waals surface area contributed by atoms with E-state index in [9.17, 15) is 0 Å². The highest BCUT2D eigenvalue weighted by Crippen LogP contribution is 2.20. The zero-order chi connectivity index (χ0) is 16.2. The summed E-state index contributed by atoms with van der Waals surface area (Å²) in [5, 5.41) is 2.49. The van der Waals surface area contributed by atoms with Gasteiger partial charge in [0.15, 0.2) is 0 Å². The average molecular weight is 305 g/mol. The second kappa shape index (κ2) is 6.88. The molecular formula is C20H23N3. The molecule has 0 fully saturated rings. The van der Waals surface area contributed by atoms with E-state index in [0.717, 1.165) is 18.7 Å². The van der Waals surface area contributed by atoms with Crippen molar-refractivity contribution in [3.05, 3.63) is 71.8 Å². The summed E-state index contributed by atoms with van der Waals surface area (Å²) in [6, 6.07) is 13.2. The Balaban J connectivity index is 1.74. The number of aryl methyl sites for hydroxylation is 1. The van der Waals surface area contributed by atoms with E-state index < -0.39 is 0 Å². The van der Waals surface area contributed by atoms with Crippen LogP contribution in [0.4, 0.5) is 0 Å². The van der Waals surface area contributed by atoms with Crippen molar-refractivity contribution in [3.8, 4) is 0 Å². The van der Waals surface area contributed by atoms with Crippen molar-refractivity contribution in [2.45, 2.75) is 32.9 Å². The topological polar surface area (TPSA) is 29.0 Å². The van der Waals surface area contributed by atoms with Crippen LogP contribution in [0.3, 0.4) is 0 Å². The van der Waals surface area contributed by atoms with Gasteiger partial charge in [-0.05, 0) is 55.6 Å². The summed E-state index contributed by atoms with van der Waals surface area (Å²) in [5.74, 6) is 0. The Kier molecular flexibility index (Phi) is 4.68. The molecule has 3 aromatic rings. The normalized spacial score (nSPS) is 12.7. The fourth-order valence-electron chi connectivity index (χ4n) is 2.92. The zero-order valence-corrected chi connectivity index (χ0v) is 14.0. The molecule has 2 aromatic heterocycles. The van der Waals surface area contributed by atoms with Crippen LogP contribution in [-0.4, -0.2) is 28.0 Å². The number of pyridine rings is 2. The molecular weight excluding hydrogens is 282 g/mol. The molecule has 0 unspecified atom stereocenters. The molecule has 0 bridgehead atoms. The minimum Gasteiger partial charge on any atom is -0.299 e. The maximum atomic E-state index is 4.48. The van der Waals surface area contributed by atoms with E-state index in [1.54, 1.807) is 0 Å². The number of fused-ring (bicyclic) bond motifs is 1.